The first-order chi connectivity index (χ1) is 13.0. The predicted octanol–water partition coefficient (Wildman–Crippen LogP) is 2.99. The molecule has 0 radical (unpaired) electrons. The lowest BCUT2D eigenvalue weighted by atomic mass is 10.1. The van der Waals surface area contributed by atoms with Crippen LogP contribution in [-0.4, -0.2) is 47.6 Å². The van der Waals surface area contributed by atoms with Crippen LogP contribution in [0.15, 0.2) is 18.3 Å². The molecule has 0 fully saturated rings. The summed E-state index contributed by atoms with van der Waals surface area (Å²) in [6, 6.07) is 3.03. The largest absolute Gasteiger partial charge is 0.476 e. The van der Waals surface area contributed by atoms with E-state index >= 15 is 0 Å². The first-order valence-electron chi connectivity index (χ1n) is 7.84. The number of nitrogens with zero attached hydrogens (tertiary/aromatic N) is 7. The standard InChI is InChI=1S/C15H11ClF3N7O/c1-2-27-14-12-11(7(17)5-25(12)23-15(16)21-14)8-3-4-9-13(20-8)26(24-22-9)6-10(18)19/h3-5,10H,2,6H2,1H3. The van der Waals surface area contributed by atoms with Gasteiger partial charge in [0.1, 0.15) is 17.6 Å². The monoisotopic (exact) mass is 397 g/mol. The number of fused-ring (bicyclic) bond motifs is 2. The topological polar surface area (TPSA) is 83.0 Å². The van der Waals surface area contributed by atoms with E-state index in [2.05, 4.69) is 25.4 Å². The quantitative estimate of drug-likeness (QED) is 0.515. The van der Waals surface area contributed by atoms with Crippen molar-refractivity contribution in [1.29, 1.82) is 0 Å². The van der Waals surface area contributed by atoms with Crippen molar-refractivity contribution >= 4 is 28.3 Å². The van der Waals surface area contributed by atoms with Crippen LogP contribution in [0.25, 0.3) is 27.9 Å². The zero-order valence-corrected chi connectivity index (χ0v) is 14.5. The first kappa shape index (κ1) is 17.5. The van der Waals surface area contributed by atoms with Gasteiger partial charge in [-0.25, -0.2) is 27.4 Å². The van der Waals surface area contributed by atoms with Gasteiger partial charge in [-0.15, -0.1) is 10.2 Å². The van der Waals surface area contributed by atoms with Gasteiger partial charge >= 0.3 is 0 Å². The Morgan fingerprint density at radius 3 is 2.81 bits per heavy atom. The van der Waals surface area contributed by atoms with Gasteiger partial charge in [-0.1, -0.05) is 5.21 Å². The van der Waals surface area contributed by atoms with Gasteiger partial charge in [0.15, 0.2) is 11.5 Å². The highest BCUT2D eigenvalue weighted by Gasteiger charge is 2.22. The third kappa shape index (κ3) is 3.03. The molecule has 0 saturated heterocycles. The Balaban J connectivity index is 1.95. The van der Waals surface area contributed by atoms with E-state index in [1.165, 1.54) is 16.6 Å². The molecule has 0 aliphatic heterocycles. The number of halogens is 4. The number of ether oxygens (including phenoxy) is 1. The van der Waals surface area contributed by atoms with E-state index in [0.29, 0.717) is 5.52 Å². The van der Waals surface area contributed by atoms with E-state index in [4.69, 9.17) is 16.3 Å². The van der Waals surface area contributed by atoms with Crippen molar-refractivity contribution in [2.24, 2.45) is 0 Å². The Morgan fingerprint density at radius 2 is 2.07 bits per heavy atom. The molecule has 4 aromatic rings. The second kappa shape index (κ2) is 6.65. The lowest BCUT2D eigenvalue weighted by Gasteiger charge is -2.07. The molecule has 0 unspecified atom stereocenters. The number of hydrogen-bond donors (Lipinski definition) is 0. The van der Waals surface area contributed by atoms with Crippen molar-refractivity contribution in [3.63, 3.8) is 0 Å². The predicted molar refractivity (Wildman–Crippen MR) is 89.4 cm³/mol. The summed E-state index contributed by atoms with van der Waals surface area (Å²) >= 11 is 5.85. The normalized spacial score (nSPS) is 11.8. The summed E-state index contributed by atoms with van der Waals surface area (Å²) in [4.78, 5) is 8.26. The van der Waals surface area contributed by atoms with Gasteiger partial charge in [-0.2, -0.15) is 4.98 Å². The van der Waals surface area contributed by atoms with Crippen LogP contribution in [0.4, 0.5) is 13.2 Å². The van der Waals surface area contributed by atoms with Crippen LogP contribution in [0.3, 0.4) is 0 Å². The summed E-state index contributed by atoms with van der Waals surface area (Å²) in [5.74, 6) is -0.565. The SMILES string of the molecule is CCOc1nc(Cl)nn2cc(F)c(-c3ccc4nnn(CC(F)F)c4n3)c12. The van der Waals surface area contributed by atoms with E-state index in [-0.39, 0.29) is 40.2 Å². The van der Waals surface area contributed by atoms with Crippen molar-refractivity contribution in [3.05, 3.63) is 29.4 Å². The molecule has 0 aliphatic rings. The molecule has 0 N–H and O–H groups in total. The second-order valence-corrected chi connectivity index (χ2v) is 5.80. The Hall–Kier alpha value is -2.95. The molecule has 0 saturated carbocycles. The van der Waals surface area contributed by atoms with Crippen molar-refractivity contribution in [3.8, 4) is 17.1 Å². The number of alkyl halides is 2. The van der Waals surface area contributed by atoms with Gasteiger partial charge in [0.05, 0.1) is 24.1 Å². The van der Waals surface area contributed by atoms with E-state index < -0.39 is 18.8 Å². The molecule has 0 bridgehead atoms. The van der Waals surface area contributed by atoms with Crippen molar-refractivity contribution in [1.82, 2.24) is 34.6 Å². The summed E-state index contributed by atoms with van der Waals surface area (Å²) in [5, 5.41) is 11.3. The second-order valence-electron chi connectivity index (χ2n) is 5.47. The van der Waals surface area contributed by atoms with Gasteiger partial charge < -0.3 is 4.74 Å². The minimum Gasteiger partial charge on any atom is -0.476 e. The zero-order valence-electron chi connectivity index (χ0n) is 13.8. The molecule has 8 nitrogen and oxygen atoms in total. The molecule has 27 heavy (non-hydrogen) atoms. The number of pyridine rings is 1. The third-order valence-corrected chi connectivity index (χ3v) is 3.89. The smallest absolute Gasteiger partial charge is 0.258 e. The van der Waals surface area contributed by atoms with Crippen molar-refractivity contribution in [2.45, 2.75) is 19.9 Å². The van der Waals surface area contributed by atoms with E-state index in [1.807, 2.05) is 0 Å². The molecule has 4 aromatic heterocycles. The fourth-order valence-electron chi connectivity index (χ4n) is 2.72. The maximum absolute atomic E-state index is 14.7. The number of rotatable bonds is 5. The van der Waals surface area contributed by atoms with Gasteiger partial charge in [-0.05, 0) is 30.7 Å². The molecule has 0 aliphatic carbocycles. The van der Waals surface area contributed by atoms with Crippen LogP contribution < -0.4 is 4.74 Å². The Morgan fingerprint density at radius 1 is 1.26 bits per heavy atom. The molecule has 4 rings (SSSR count). The molecule has 0 atom stereocenters. The summed E-state index contributed by atoms with van der Waals surface area (Å²) < 4.78 is 47.8. The Kier molecular flexibility index (Phi) is 4.30. The van der Waals surface area contributed by atoms with Crippen LogP contribution in [0.5, 0.6) is 5.88 Å². The minimum atomic E-state index is -2.63. The average Bonchev–Trinajstić information content (AvgIpc) is 3.14. The van der Waals surface area contributed by atoms with Crippen LogP contribution in [0, 0.1) is 5.82 Å². The lowest BCUT2D eigenvalue weighted by molar-refractivity contribution is 0.122. The minimum absolute atomic E-state index is 0.0572. The molecule has 0 amide bonds. The highest BCUT2D eigenvalue weighted by Crippen LogP contribution is 2.33. The summed E-state index contributed by atoms with van der Waals surface area (Å²) in [6.45, 7) is 1.34. The van der Waals surface area contributed by atoms with Gasteiger partial charge in [0.25, 0.3) is 6.43 Å². The maximum atomic E-state index is 14.7. The van der Waals surface area contributed by atoms with E-state index in [1.54, 1.807) is 6.92 Å². The fraction of sp³-hybridized carbons (Fsp3) is 0.267. The molecular formula is C15H11ClF3N7O. The highest BCUT2D eigenvalue weighted by molar-refractivity contribution is 6.28. The molecule has 0 aromatic carbocycles. The average molecular weight is 398 g/mol. The van der Waals surface area contributed by atoms with Crippen LogP contribution >= 0.6 is 11.6 Å². The Bertz CT molecular complexity index is 1140. The summed E-state index contributed by atoms with van der Waals surface area (Å²) in [5.41, 5.74) is 0.875. The van der Waals surface area contributed by atoms with Crippen LogP contribution in [0.1, 0.15) is 6.92 Å². The lowest BCUT2D eigenvalue weighted by Crippen LogP contribution is -2.09. The fourth-order valence-corrected chi connectivity index (χ4v) is 2.88. The first-order valence-corrected chi connectivity index (χ1v) is 8.21. The highest BCUT2D eigenvalue weighted by atomic mass is 35.5. The third-order valence-electron chi connectivity index (χ3n) is 3.73. The molecule has 12 heteroatoms. The number of aromatic nitrogens is 7. The van der Waals surface area contributed by atoms with Gasteiger partial charge in [0.2, 0.25) is 11.2 Å². The van der Waals surface area contributed by atoms with E-state index in [0.717, 1.165) is 10.9 Å². The van der Waals surface area contributed by atoms with Gasteiger partial charge in [-0.3, -0.25) is 0 Å². The molecular weight excluding hydrogens is 387 g/mol. The summed E-state index contributed by atoms with van der Waals surface area (Å²) in [7, 11) is 0. The molecule has 140 valence electrons. The van der Waals surface area contributed by atoms with Crippen molar-refractivity contribution < 1.29 is 17.9 Å². The van der Waals surface area contributed by atoms with Crippen molar-refractivity contribution in [2.75, 3.05) is 6.61 Å². The maximum Gasteiger partial charge on any atom is 0.258 e. The van der Waals surface area contributed by atoms with Gasteiger partial charge in [0, 0.05) is 0 Å². The Labute approximate surface area is 154 Å². The molecule has 4 heterocycles. The zero-order chi connectivity index (χ0) is 19.1. The number of hydrogen-bond acceptors (Lipinski definition) is 6. The van der Waals surface area contributed by atoms with E-state index in [9.17, 15) is 13.2 Å². The van der Waals surface area contributed by atoms with Crippen LogP contribution in [-0.2, 0) is 6.54 Å². The van der Waals surface area contributed by atoms with Crippen LogP contribution in [0.2, 0.25) is 5.28 Å². The molecule has 0 spiro atoms. The summed E-state index contributed by atoms with van der Waals surface area (Å²) in [6.07, 6.45) is -1.52.